The lowest BCUT2D eigenvalue weighted by atomic mass is 10.2. The molecule has 1 aromatic heterocycles. The Morgan fingerprint density at radius 1 is 1.29 bits per heavy atom. The van der Waals surface area contributed by atoms with Gasteiger partial charge in [0.05, 0.1) is 19.0 Å². The second kappa shape index (κ2) is 5.43. The zero-order valence-corrected chi connectivity index (χ0v) is 12.2. The van der Waals surface area contributed by atoms with E-state index in [0.717, 1.165) is 5.56 Å². The van der Waals surface area contributed by atoms with Gasteiger partial charge in [0.15, 0.2) is 5.57 Å². The van der Waals surface area contributed by atoms with Crippen LogP contribution in [-0.2, 0) is 19.1 Å². The Morgan fingerprint density at radius 3 is 2.43 bits per heavy atom. The number of rotatable bonds is 3. The van der Waals surface area contributed by atoms with Crippen LogP contribution in [0.1, 0.15) is 19.4 Å². The van der Waals surface area contributed by atoms with Crippen molar-refractivity contribution in [3.8, 4) is 5.88 Å². The van der Waals surface area contributed by atoms with Crippen LogP contribution in [0.5, 0.6) is 5.88 Å². The normalized spacial score (nSPS) is 16.9. The van der Waals surface area contributed by atoms with Gasteiger partial charge in [0.25, 0.3) is 5.79 Å². The summed E-state index contributed by atoms with van der Waals surface area (Å²) >= 11 is 0. The first-order valence-corrected chi connectivity index (χ1v) is 6.26. The largest absolute Gasteiger partial charge is 0.481 e. The Kier molecular flexibility index (Phi) is 3.84. The highest BCUT2D eigenvalue weighted by atomic mass is 16.7. The first-order valence-electron chi connectivity index (χ1n) is 6.26. The molecule has 21 heavy (non-hydrogen) atoms. The number of esters is 2. The zero-order chi connectivity index (χ0) is 15.6. The summed E-state index contributed by atoms with van der Waals surface area (Å²) in [7, 11) is 1.52. The van der Waals surface area contributed by atoms with E-state index in [-0.39, 0.29) is 5.57 Å². The van der Waals surface area contributed by atoms with Crippen LogP contribution in [0.2, 0.25) is 0 Å². The second-order valence-corrected chi connectivity index (χ2v) is 4.92. The van der Waals surface area contributed by atoms with Crippen LogP contribution >= 0.6 is 0 Å². The number of aryl methyl sites for hydroxylation is 1. The van der Waals surface area contributed by atoms with E-state index >= 15 is 0 Å². The average Bonchev–Trinajstić information content (AvgIpc) is 2.37. The molecule has 0 aromatic carbocycles. The van der Waals surface area contributed by atoms with Crippen LogP contribution in [0.3, 0.4) is 0 Å². The number of nitrogens with one attached hydrogen (secondary N) is 1. The molecule has 1 fully saturated rings. The van der Waals surface area contributed by atoms with E-state index in [1.54, 1.807) is 6.07 Å². The number of aromatic nitrogens is 1. The van der Waals surface area contributed by atoms with Gasteiger partial charge in [-0.05, 0) is 12.5 Å². The number of anilines is 1. The fourth-order valence-electron chi connectivity index (χ4n) is 1.72. The summed E-state index contributed by atoms with van der Waals surface area (Å²) in [4.78, 5) is 27.6. The van der Waals surface area contributed by atoms with Crippen molar-refractivity contribution in [2.45, 2.75) is 26.6 Å². The molecular weight excluding hydrogens is 276 g/mol. The van der Waals surface area contributed by atoms with Crippen molar-refractivity contribution in [2.24, 2.45) is 0 Å². The van der Waals surface area contributed by atoms with E-state index in [2.05, 4.69) is 10.3 Å². The highest BCUT2D eigenvalue weighted by molar-refractivity contribution is 6.15. The van der Waals surface area contributed by atoms with Crippen molar-refractivity contribution in [2.75, 3.05) is 12.4 Å². The van der Waals surface area contributed by atoms with Crippen molar-refractivity contribution in [1.82, 2.24) is 4.98 Å². The Hall–Kier alpha value is -2.57. The molecule has 0 unspecified atom stereocenters. The molecular formula is C14H16N2O5. The predicted molar refractivity (Wildman–Crippen MR) is 73.5 cm³/mol. The van der Waals surface area contributed by atoms with Gasteiger partial charge in [-0.1, -0.05) is 0 Å². The minimum atomic E-state index is -1.25. The van der Waals surface area contributed by atoms with Crippen LogP contribution in [0.4, 0.5) is 5.69 Å². The number of carbonyl (C=O) groups excluding carboxylic acids is 2. The molecule has 1 N–H and O–H groups in total. The molecule has 1 aliphatic heterocycles. The third-order valence-corrected chi connectivity index (χ3v) is 2.78. The molecule has 0 amide bonds. The van der Waals surface area contributed by atoms with Crippen LogP contribution < -0.4 is 10.1 Å². The van der Waals surface area contributed by atoms with Crippen LogP contribution in [0.25, 0.3) is 0 Å². The maximum atomic E-state index is 11.8. The van der Waals surface area contributed by atoms with E-state index in [4.69, 9.17) is 14.2 Å². The first-order chi connectivity index (χ1) is 9.82. The van der Waals surface area contributed by atoms with Crippen molar-refractivity contribution >= 4 is 17.6 Å². The second-order valence-electron chi connectivity index (χ2n) is 4.92. The van der Waals surface area contributed by atoms with Gasteiger partial charge < -0.3 is 19.5 Å². The molecule has 112 valence electrons. The van der Waals surface area contributed by atoms with Gasteiger partial charge >= 0.3 is 11.9 Å². The minimum Gasteiger partial charge on any atom is -0.481 e. The summed E-state index contributed by atoms with van der Waals surface area (Å²) in [5.41, 5.74) is 1.27. The topological polar surface area (TPSA) is 86.8 Å². The Labute approximate surface area is 121 Å². The minimum absolute atomic E-state index is 0.204. The molecule has 1 aliphatic rings. The Morgan fingerprint density at radius 2 is 1.90 bits per heavy atom. The highest BCUT2D eigenvalue weighted by Gasteiger charge is 2.38. The number of nitrogens with zero attached hydrogens (tertiary/aromatic N) is 1. The Balaban J connectivity index is 2.18. The monoisotopic (exact) mass is 292 g/mol. The third-order valence-electron chi connectivity index (χ3n) is 2.78. The molecule has 2 rings (SSSR count). The summed E-state index contributed by atoms with van der Waals surface area (Å²) in [5.74, 6) is -2.24. The van der Waals surface area contributed by atoms with Gasteiger partial charge in [-0.2, -0.15) is 0 Å². The lowest BCUT2D eigenvalue weighted by molar-refractivity contribution is -0.222. The molecule has 0 bridgehead atoms. The number of cyclic esters (lactones) is 2. The van der Waals surface area contributed by atoms with Crippen molar-refractivity contribution in [1.29, 1.82) is 0 Å². The van der Waals surface area contributed by atoms with Gasteiger partial charge in [-0.15, -0.1) is 0 Å². The number of pyridine rings is 1. The number of hydrogen-bond acceptors (Lipinski definition) is 7. The predicted octanol–water partition coefficient (Wildman–Crippen LogP) is 1.53. The molecule has 2 heterocycles. The van der Waals surface area contributed by atoms with Crippen molar-refractivity contribution < 1.29 is 23.8 Å². The molecule has 7 heteroatoms. The molecule has 1 aromatic rings. The quantitative estimate of drug-likeness (QED) is 0.513. The van der Waals surface area contributed by atoms with Gasteiger partial charge in [0.1, 0.15) is 0 Å². The number of hydrogen-bond donors (Lipinski definition) is 1. The third kappa shape index (κ3) is 3.31. The summed E-state index contributed by atoms with van der Waals surface area (Å²) in [5, 5.41) is 2.84. The summed E-state index contributed by atoms with van der Waals surface area (Å²) in [6.45, 7) is 4.82. The molecule has 7 nitrogen and oxygen atoms in total. The molecule has 0 radical (unpaired) electrons. The highest BCUT2D eigenvalue weighted by Crippen LogP contribution is 2.23. The van der Waals surface area contributed by atoms with Gasteiger partial charge in [-0.3, -0.25) is 0 Å². The van der Waals surface area contributed by atoms with Gasteiger partial charge in [0.2, 0.25) is 5.88 Å². The average molecular weight is 292 g/mol. The molecule has 1 saturated heterocycles. The zero-order valence-electron chi connectivity index (χ0n) is 12.2. The fourth-order valence-corrected chi connectivity index (χ4v) is 1.72. The summed E-state index contributed by atoms with van der Waals surface area (Å²) in [6.07, 6.45) is 2.78. The number of ether oxygens (including phenoxy) is 3. The maximum absolute atomic E-state index is 11.8. The van der Waals surface area contributed by atoms with E-state index in [1.807, 2.05) is 6.92 Å². The standard InChI is InChI=1S/C14H16N2O5/c1-8-5-11(19-4)16-7-10(8)15-6-9-12(17)20-14(2,3)21-13(9)18/h5-7,15H,1-4H3. The van der Waals surface area contributed by atoms with E-state index in [9.17, 15) is 9.59 Å². The van der Waals surface area contributed by atoms with Crippen molar-refractivity contribution in [3.63, 3.8) is 0 Å². The molecule has 0 atom stereocenters. The SMILES string of the molecule is COc1cc(C)c(NC=C2C(=O)OC(C)(C)OC2=O)cn1. The summed E-state index contributed by atoms with van der Waals surface area (Å²) in [6, 6.07) is 1.72. The Bertz CT molecular complexity index is 600. The maximum Gasteiger partial charge on any atom is 0.350 e. The van der Waals surface area contributed by atoms with Crippen molar-refractivity contribution in [3.05, 3.63) is 29.6 Å². The lowest BCUT2D eigenvalue weighted by Crippen LogP contribution is -2.42. The van der Waals surface area contributed by atoms with E-state index in [0.29, 0.717) is 11.6 Å². The van der Waals surface area contributed by atoms with Crippen LogP contribution in [-0.4, -0.2) is 29.8 Å². The van der Waals surface area contributed by atoms with E-state index < -0.39 is 17.7 Å². The van der Waals surface area contributed by atoms with Crippen LogP contribution in [0.15, 0.2) is 24.0 Å². The number of carbonyl (C=O) groups is 2. The summed E-state index contributed by atoms with van der Waals surface area (Å²) < 4.78 is 15.0. The first kappa shape index (κ1) is 14.8. The lowest BCUT2D eigenvalue weighted by Gasteiger charge is -2.29. The smallest absolute Gasteiger partial charge is 0.350 e. The van der Waals surface area contributed by atoms with Crippen LogP contribution in [0, 0.1) is 6.92 Å². The molecule has 0 aliphatic carbocycles. The molecule has 0 saturated carbocycles. The van der Waals surface area contributed by atoms with Gasteiger partial charge in [-0.25, -0.2) is 14.6 Å². The fraction of sp³-hybridized carbons (Fsp3) is 0.357. The van der Waals surface area contributed by atoms with Gasteiger partial charge in [0, 0.05) is 26.1 Å². The van der Waals surface area contributed by atoms with E-state index in [1.165, 1.54) is 33.4 Å². The number of methoxy groups -OCH3 is 1. The molecule has 0 spiro atoms.